The van der Waals surface area contributed by atoms with Crippen molar-refractivity contribution in [2.24, 2.45) is 0 Å². The Bertz CT molecular complexity index is 1190. The summed E-state index contributed by atoms with van der Waals surface area (Å²) in [6, 6.07) is 18.9. The molecule has 1 fully saturated rings. The van der Waals surface area contributed by atoms with E-state index in [1.807, 2.05) is 13.0 Å². The van der Waals surface area contributed by atoms with Gasteiger partial charge in [-0.3, -0.25) is 15.0 Å². The number of hydrogen-bond donors (Lipinski definition) is 1. The summed E-state index contributed by atoms with van der Waals surface area (Å²) in [5.74, 6) is 0. The Labute approximate surface area is 224 Å². The van der Waals surface area contributed by atoms with Crippen LogP contribution in [0, 0.1) is 13.8 Å². The van der Waals surface area contributed by atoms with Crippen molar-refractivity contribution >= 4 is 11.8 Å². The predicted octanol–water partition coefficient (Wildman–Crippen LogP) is 4.01. The van der Waals surface area contributed by atoms with Crippen LogP contribution >= 0.6 is 0 Å². The highest BCUT2D eigenvalue weighted by Gasteiger charge is 2.09. The monoisotopic (exact) mass is 522 g/mol. The van der Waals surface area contributed by atoms with E-state index in [1.54, 1.807) is 31.2 Å². The third-order valence-corrected chi connectivity index (χ3v) is 5.83. The lowest BCUT2D eigenvalue weighted by Gasteiger charge is -2.26. The summed E-state index contributed by atoms with van der Waals surface area (Å²) in [7, 11) is 0. The van der Waals surface area contributed by atoms with E-state index in [4.69, 9.17) is 14.2 Å². The summed E-state index contributed by atoms with van der Waals surface area (Å²) >= 11 is 0. The topological polar surface area (TPSA) is 94.9 Å². The molecule has 0 spiro atoms. The van der Waals surface area contributed by atoms with E-state index in [9.17, 15) is 9.59 Å². The van der Waals surface area contributed by atoms with Crippen LogP contribution in [0.2, 0.25) is 0 Å². The van der Waals surface area contributed by atoms with Gasteiger partial charge < -0.3 is 14.2 Å². The molecule has 0 unspecified atom stereocenters. The minimum absolute atomic E-state index is 0.163. The summed E-state index contributed by atoms with van der Waals surface area (Å²) in [5, 5.41) is 6.81. The van der Waals surface area contributed by atoms with Gasteiger partial charge in [-0.05, 0) is 50.1 Å². The first kappa shape index (κ1) is 29.0. The number of rotatable bonds is 9. The average Bonchev–Trinajstić information content (AvgIpc) is 2.91. The molecule has 9 heteroatoms. The van der Waals surface area contributed by atoms with Crippen LogP contribution in [0.25, 0.3) is 0 Å². The molecule has 204 valence electrons. The lowest BCUT2D eigenvalue weighted by molar-refractivity contribution is 0.0180. The van der Waals surface area contributed by atoms with Gasteiger partial charge in [-0.1, -0.05) is 42.0 Å². The number of carbonyl (C=O) groups is 1. The first-order chi connectivity index (χ1) is 18.4. The third kappa shape index (κ3) is 10.5. The average molecular weight is 523 g/mol. The molecule has 0 atom stereocenters. The van der Waals surface area contributed by atoms with Crippen LogP contribution in [-0.2, 0) is 27.4 Å². The Kier molecular flexibility index (Phi) is 12.0. The van der Waals surface area contributed by atoms with Gasteiger partial charge in [0.2, 0.25) is 0 Å². The molecule has 4 rings (SSSR count). The fourth-order valence-electron chi connectivity index (χ4n) is 3.76. The fraction of sp³-hybridized carbons (Fsp3) is 0.414. The molecule has 1 amide bonds. The number of aromatic nitrogens is 2. The quantitative estimate of drug-likeness (QED) is 0.424. The Hall–Kier alpha value is -3.53. The summed E-state index contributed by atoms with van der Waals surface area (Å²) < 4.78 is 17.2. The molecule has 1 N–H and O–H groups in total. The number of nitrogens with zero attached hydrogens (tertiary/aromatic N) is 3. The van der Waals surface area contributed by atoms with Gasteiger partial charge in [-0.25, -0.2) is 9.48 Å². The Balaban J connectivity index is 0.000000215. The maximum Gasteiger partial charge on any atom is 0.411 e. The van der Waals surface area contributed by atoms with Crippen LogP contribution in [0.1, 0.15) is 29.3 Å². The number of anilines is 1. The zero-order valence-electron chi connectivity index (χ0n) is 22.5. The van der Waals surface area contributed by atoms with E-state index in [1.165, 1.54) is 21.9 Å². The maximum absolute atomic E-state index is 11.7. The molecule has 0 aliphatic carbocycles. The number of carbonyl (C=O) groups excluding carboxylic acids is 1. The van der Waals surface area contributed by atoms with Crippen molar-refractivity contribution in [3.63, 3.8) is 0 Å². The molecule has 2 aromatic carbocycles. The normalized spacial score (nSPS) is 13.3. The van der Waals surface area contributed by atoms with E-state index >= 15 is 0 Å². The second kappa shape index (κ2) is 15.7. The van der Waals surface area contributed by atoms with Crippen molar-refractivity contribution in [3.8, 4) is 0 Å². The molecule has 0 radical (unpaired) electrons. The standard InChI is InChI=1S/C15H17N3O3.C14H21NO2/c1-3-21-15(20)16-13-6-4-5-12(9-13)10-18-14(19)8-7-11(2)17-18;1-13-2-4-14(5-3-13)12-17-11-8-15-6-9-16-10-7-15/h4-9H,3,10H2,1-2H3,(H,16,20);2-5H,6-12H2,1H3. The van der Waals surface area contributed by atoms with Gasteiger partial charge >= 0.3 is 6.09 Å². The van der Waals surface area contributed by atoms with Crippen LogP contribution in [0.15, 0.2) is 65.5 Å². The van der Waals surface area contributed by atoms with Gasteiger partial charge in [-0.15, -0.1) is 0 Å². The summed E-state index contributed by atoms with van der Waals surface area (Å²) in [6.45, 7) is 12.6. The zero-order chi connectivity index (χ0) is 27.2. The number of benzene rings is 2. The van der Waals surface area contributed by atoms with Crippen molar-refractivity contribution in [1.29, 1.82) is 0 Å². The number of aryl methyl sites for hydroxylation is 2. The number of nitrogens with one attached hydrogen (secondary N) is 1. The molecule has 9 nitrogen and oxygen atoms in total. The van der Waals surface area contributed by atoms with Crippen molar-refractivity contribution in [2.45, 2.75) is 33.9 Å². The van der Waals surface area contributed by atoms with Gasteiger partial charge in [0.25, 0.3) is 5.56 Å². The van der Waals surface area contributed by atoms with Crippen molar-refractivity contribution in [3.05, 3.63) is 93.4 Å². The number of morpholine rings is 1. The number of hydrogen-bond acceptors (Lipinski definition) is 7. The molecular formula is C29H38N4O5. The van der Waals surface area contributed by atoms with Crippen molar-refractivity contribution in [1.82, 2.24) is 14.7 Å². The van der Waals surface area contributed by atoms with Crippen LogP contribution in [0.4, 0.5) is 10.5 Å². The Morgan fingerprint density at radius 1 is 1.03 bits per heavy atom. The van der Waals surface area contributed by atoms with Crippen LogP contribution in [-0.4, -0.2) is 66.8 Å². The first-order valence-electron chi connectivity index (χ1n) is 12.9. The Morgan fingerprint density at radius 3 is 2.53 bits per heavy atom. The second-order valence-corrected chi connectivity index (χ2v) is 9.01. The van der Waals surface area contributed by atoms with Gasteiger partial charge in [0.15, 0.2) is 0 Å². The second-order valence-electron chi connectivity index (χ2n) is 9.01. The zero-order valence-corrected chi connectivity index (χ0v) is 22.5. The van der Waals surface area contributed by atoms with Crippen LogP contribution in [0.3, 0.4) is 0 Å². The number of ether oxygens (including phenoxy) is 3. The molecule has 1 aliphatic heterocycles. The number of amides is 1. The lowest BCUT2D eigenvalue weighted by atomic mass is 10.2. The molecule has 1 saturated heterocycles. The Morgan fingerprint density at radius 2 is 1.79 bits per heavy atom. The van der Waals surface area contributed by atoms with E-state index in [0.29, 0.717) is 25.4 Å². The van der Waals surface area contributed by atoms with Crippen molar-refractivity contribution < 1.29 is 19.0 Å². The molecule has 0 bridgehead atoms. The largest absolute Gasteiger partial charge is 0.450 e. The molecule has 1 aromatic heterocycles. The molecule has 0 saturated carbocycles. The van der Waals surface area contributed by atoms with Crippen molar-refractivity contribution in [2.75, 3.05) is 51.4 Å². The minimum Gasteiger partial charge on any atom is -0.450 e. The van der Waals surface area contributed by atoms with Gasteiger partial charge in [0.05, 0.1) is 45.3 Å². The van der Waals surface area contributed by atoms with E-state index in [2.05, 4.69) is 46.5 Å². The van der Waals surface area contributed by atoms with Crippen LogP contribution in [0.5, 0.6) is 0 Å². The summed E-state index contributed by atoms with van der Waals surface area (Å²) in [5.41, 5.74) is 4.63. The van der Waals surface area contributed by atoms with Gasteiger partial charge in [0.1, 0.15) is 0 Å². The molecule has 38 heavy (non-hydrogen) atoms. The summed E-state index contributed by atoms with van der Waals surface area (Å²) in [6.07, 6.45) is -0.500. The predicted molar refractivity (Wildman–Crippen MR) is 148 cm³/mol. The fourth-order valence-corrected chi connectivity index (χ4v) is 3.76. The summed E-state index contributed by atoms with van der Waals surface area (Å²) in [4.78, 5) is 25.5. The lowest BCUT2D eigenvalue weighted by Crippen LogP contribution is -2.38. The highest BCUT2D eigenvalue weighted by atomic mass is 16.5. The van der Waals surface area contributed by atoms with Gasteiger partial charge in [0, 0.05) is 31.4 Å². The minimum atomic E-state index is -0.500. The van der Waals surface area contributed by atoms with E-state index in [0.717, 1.165) is 50.7 Å². The maximum atomic E-state index is 11.7. The van der Waals surface area contributed by atoms with E-state index < -0.39 is 6.09 Å². The smallest absolute Gasteiger partial charge is 0.411 e. The van der Waals surface area contributed by atoms with Gasteiger partial charge in [-0.2, -0.15) is 5.10 Å². The SMILES string of the molecule is CCOC(=O)Nc1cccc(Cn2nc(C)ccc2=O)c1.Cc1ccc(COCCN2CCOCC2)cc1. The first-order valence-corrected chi connectivity index (χ1v) is 12.9. The highest BCUT2D eigenvalue weighted by molar-refractivity contribution is 5.84. The highest BCUT2D eigenvalue weighted by Crippen LogP contribution is 2.12. The molecule has 1 aliphatic rings. The molecule has 3 aromatic rings. The molecule has 2 heterocycles. The van der Waals surface area contributed by atoms with Crippen LogP contribution < -0.4 is 10.9 Å². The third-order valence-electron chi connectivity index (χ3n) is 5.83. The van der Waals surface area contributed by atoms with E-state index in [-0.39, 0.29) is 5.56 Å². The molecular weight excluding hydrogens is 484 g/mol.